The van der Waals surface area contributed by atoms with E-state index < -0.39 is 0 Å². The lowest BCUT2D eigenvalue weighted by Crippen LogP contribution is -2.02. The van der Waals surface area contributed by atoms with Crippen LogP contribution in [0.2, 0.25) is 0 Å². The summed E-state index contributed by atoms with van der Waals surface area (Å²) in [4.78, 5) is 15.8. The second kappa shape index (κ2) is 5.87. The van der Waals surface area contributed by atoms with Crippen molar-refractivity contribution in [3.8, 4) is 0 Å². The number of benzene rings is 1. The normalized spacial score (nSPS) is 10.8. The molecular weight excluding hydrogens is 252 g/mol. The molecule has 0 unspecified atom stereocenters. The number of rotatable bonds is 5. The highest BCUT2D eigenvalue weighted by atomic mass is 35.5. The van der Waals surface area contributed by atoms with E-state index in [4.69, 9.17) is 16.3 Å². The molecule has 2 rings (SSSR count). The van der Waals surface area contributed by atoms with Crippen LogP contribution in [0.3, 0.4) is 0 Å². The van der Waals surface area contributed by atoms with Crippen molar-refractivity contribution in [2.75, 3.05) is 13.0 Å². The molecule has 0 fully saturated rings. The number of imidazole rings is 1. The maximum absolute atomic E-state index is 11.5. The minimum Gasteiger partial charge on any atom is -0.465 e. The summed E-state index contributed by atoms with van der Waals surface area (Å²) in [5, 5.41) is 0. The van der Waals surface area contributed by atoms with Gasteiger partial charge >= 0.3 is 5.97 Å². The predicted molar refractivity (Wildman–Crippen MR) is 71.0 cm³/mol. The van der Waals surface area contributed by atoms with Gasteiger partial charge in [0, 0.05) is 12.4 Å². The number of hydrogen-bond acceptors (Lipinski definition) is 3. The molecule has 0 saturated carbocycles. The highest BCUT2D eigenvalue weighted by Gasteiger charge is 2.09. The Hall–Kier alpha value is -1.55. The van der Waals surface area contributed by atoms with Crippen LogP contribution >= 0.6 is 11.6 Å². The molecule has 0 atom stereocenters. The van der Waals surface area contributed by atoms with Gasteiger partial charge in [-0.25, -0.2) is 9.78 Å². The van der Waals surface area contributed by atoms with Crippen molar-refractivity contribution >= 4 is 28.6 Å². The molecule has 0 spiro atoms. The molecule has 0 bridgehead atoms. The van der Waals surface area contributed by atoms with Gasteiger partial charge in [-0.2, -0.15) is 0 Å². The average molecular weight is 267 g/mol. The topological polar surface area (TPSA) is 44.1 Å². The van der Waals surface area contributed by atoms with E-state index in [1.165, 1.54) is 7.11 Å². The summed E-state index contributed by atoms with van der Waals surface area (Å²) in [7, 11) is 1.38. The molecule has 0 amide bonds. The van der Waals surface area contributed by atoms with E-state index in [9.17, 15) is 4.79 Å². The summed E-state index contributed by atoms with van der Waals surface area (Å²) in [6.45, 7) is 0.855. The van der Waals surface area contributed by atoms with Crippen LogP contribution < -0.4 is 0 Å². The number of esters is 1. The Bertz CT molecular complexity index is 551. The number of methoxy groups -OCH3 is 1. The molecule has 0 saturated heterocycles. The Balaban J connectivity index is 2.28. The zero-order chi connectivity index (χ0) is 13.0. The monoisotopic (exact) mass is 266 g/mol. The van der Waals surface area contributed by atoms with Crippen molar-refractivity contribution in [1.82, 2.24) is 9.55 Å². The lowest BCUT2D eigenvalue weighted by atomic mass is 10.2. The molecule has 0 N–H and O–H groups in total. The third-order valence-corrected chi connectivity index (χ3v) is 3.09. The van der Waals surface area contributed by atoms with Gasteiger partial charge in [-0.3, -0.25) is 0 Å². The molecule has 2 aromatic rings. The van der Waals surface area contributed by atoms with Crippen LogP contribution in [0.15, 0.2) is 24.5 Å². The second-order valence-corrected chi connectivity index (χ2v) is 4.41. The van der Waals surface area contributed by atoms with Crippen molar-refractivity contribution in [3.63, 3.8) is 0 Å². The van der Waals surface area contributed by atoms with E-state index in [1.807, 2.05) is 16.7 Å². The molecule has 5 heteroatoms. The maximum atomic E-state index is 11.5. The zero-order valence-electron chi connectivity index (χ0n) is 10.2. The molecule has 1 aromatic heterocycles. The highest BCUT2D eigenvalue weighted by molar-refractivity contribution is 6.17. The molecular formula is C13H15ClN2O2. The molecule has 18 heavy (non-hydrogen) atoms. The lowest BCUT2D eigenvalue weighted by Gasteiger charge is -2.04. The van der Waals surface area contributed by atoms with Crippen LogP contribution in [0.5, 0.6) is 0 Å². The number of aryl methyl sites for hydroxylation is 1. The molecule has 0 aliphatic rings. The summed E-state index contributed by atoms with van der Waals surface area (Å²) >= 11 is 5.66. The van der Waals surface area contributed by atoms with Gasteiger partial charge in [-0.1, -0.05) is 0 Å². The summed E-state index contributed by atoms with van der Waals surface area (Å²) in [5.41, 5.74) is 2.38. The number of carbonyl (C=O) groups excluding carboxylic acids is 1. The maximum Gasteiger partial charge on any atom is 0.337 e. The summed E-state index contributed by atoms with van der Waals surface area (Å²) in [5.74, 6) is 0.338. The molecule has 0 radical (unpaired) electrons. The van der Waals surface area contributed by atoms with Crippen molar-refractivity contribution in [2.45, 2.75) is 19.4 Å². The number of aromatic nitrogens is 2. The highest BCUT2D eigenvalue weighted by Crippen LogP contribution is 2.16. The van der Waals surface area contributed by atoms with Crippen LogP contribution in [0.1, 0.15) is 23.2 Å². The SMILES string of the molecule is COC(=O)c1ccc2ncn(CCCCCl)c2c1. The van der Waals surface area contributed by atoms with Crippen LogP contribution in [0.25, 0.3) is 11.0 Å². The van der Waals surface area contributed by atoms with Crippen molar-refractivity contribution in [2.24, 2.45) is 0 Å². The van der Waals surface area contributed by atoms with Crippen molar-refractivity contribution in [1.29, 1.82) is 0 Å². The minimum absolute atomic E-state index is 0.328. The lowest BCUT2D eigenvalue weighted by molar-refractivity contribution is 0.0601. The Morgan fingerprint density at radius 2 is 2.28 bits per heavy atom. The Morgan fingerprint density at radius 1 is 1.44 bits per heavy atom. The Labute approximate surface area is 111 Å². The van der Waals surface area contributed by atoms with E-state index in [2.05, 4.69) is 4.98 Å². The molecule has 0 aliphatic carbocycles. The third-order valence-electron chi connectivity index (χ3n) is 2.82. The third kappa shape index (κ3) is 2.64. The molecule has 4 nitrogen and oxygen atoms in total. The number of fused-ring (bicyclic) bond motifs is 1. The summed E-state index contributed by atoms with van der Waals surface area (Å²) in [6.07, 6.45) is 3.76. The van der Waals surface area contributed by atoms with E-state index in [0.717, 1.165) is 30.4 Å². The zero-order valence-corrected chi connectivity index (χ0v) is 11.0. The number of ether oxygens (including phenoxy) is 1. The second-order valence-electron chi connectivity index (χ2n) is 4.03. The van der Waals surface area contributed by atoms with Gasteiger partial charge in [-0.15, -0.1) is 11.6 Å². The first-order valence-corrected chi connectivity index (χ1v) is 6.39. The quantitative estimate of drug-likeness (QED) is 0.475. The van der Waals surface area contributed by atoms with Gasteiger partial charge in [0.1, 0.15) is 0 Å². The van der Waals surface area contributed by atoms with Gasteiger partial charge in [0.2, 0.25) is 0 Å². The van der Waals surface area contributed by atoms with Gasteiger partial charge in [-0.05, 0) is 31.0 Å². The smallest absolute Gasteiger partial charge is 0.337 e. The molecule has 1 aromatic carbocycles. The average Bonchev–Trinajstić information content (AvgIpc) is 2.81. The van der Waals surface area contributed by atoms with Crippen molar-refractivity contribution < 1.29 is 9.53 Å². The van der Waals surface area contributed by atoms with E-state index >= 15 is 0 Å². The van der Waals surface area contributed by atoms with E-state index in [0.29, 0.717) is 11.4 Å². The van der Waals surface area contributed by atoms with Crippen LogP contribution in [-0.4, -0.2) is 28.5 Å². The number of carbonyl (C=O) groups is 1. The van der Waals surface area contributed by atoms with E-state index in [1.54, 1.807) is 12.4 Å². The first kappa shape index (κ1) is 12.9. The first-order valence-electron chi connectivity index (χ1n) is 5.85. The fraction of sp³-hybridized carbons (Fsp3) is 0.385. The van der Waals surface area contributed by atoms with Gasteiger partial charge in [0.05, 0.1) is 30.0 Å². The largest absolute Gasteiger partial charge is 0.465 e. The number of nitrogens with zero attached hydrogens (tertiary/aromatic N) is 2. The molecule has 96 valence electrons. The summed E-state index contributed by atoms with van der Waals surface area (Å²) in [6, 6.07) is 5.37. The minimum atomic E-state index is -0.328. The van der Waals surface area contributed by atoms with Gasteiger partial charge in [0.15, 0.2) is 0 Å². The Morgan fingerprint density at radius 3 is 3.00 bits per heavy atom. The molecule has 0 aliphatic heterocycles. The number of alkyl halides is 1. The fourth-order valence-electron chi connectivity index (χ4n) is 1.86. The van der Waals surface area contributed by atoms with Gasteiger partial charge < -0.3 is 9.30 Å². The van der Waals surface area contributed by atoms with Crippen LogP contribution in [-0.2, 0) is 11.3 Å². The van der Waals surface area contributed by atoms with Crippen molar-refractivity contribution in [3.05, 3.63) is 30.1 Å². The first-order chi connectivity index (χ1) is 8.76. The summed E-state index contributed by atoms with van der Waals surface area (Å²) < 4.78 is 6.75. The molecule has 1 heterocycles. The predicted octanol–water partition coefficient (Wildman–Crippen LogP) is 2.84. The number of unbranched alkanes of at least 4 members (excludes halogenated alkanes) is 1. The van der Waals surface area contributed by atoms with Gasteiger partial charge in [0.25, 0.3) is 0 Å². The van der Waals surface area contributed by atoms with Crippen LogP contribution in [0.4, 0.5) is 0 Å². The number of halogens is 1. The number of hydrogen-bond donors (Lipinski definition) is 0. The van der Waals surface area contributed by atoms with Crippen LogP contribution in [0, 0.1) is 0 Å². The fourth-order valence-corrected chi connectivity index (χ4v) is 2.05. The Kier molecular flexibility index (Phi) is 4.20. The van der Waals surface area contributed by atoms with E-state index in [-0.39, 0.29) is 5.97 Å². The standard InChI is InChI=1S/C13H15ClN2O2/c1-18-13(17)10-4-5-11-12(8-10)16(9-15-11)7-3-2-6-14/h4-5,8-9H,2-3,6-7H2,1H3.